The van der Waals surface area contributed by atoms with Crippen LogP contribution < -0.4 is 0 Å². The Morgan fingerprint density at radius 2 is 1.90 bits per heavy atom. The molecule has 0 spiro atoms. The minimum Gasteiger partial charge on any atom is -0.465 e. The third-order valence-corrected chi connectivity index (χ3v) is 5.63. The molecule has 5 nitrogen and oxygen atoms in total. The number of ether oxygens (including phenoxy) is 1. The van der Waals surface area contributed by atoms with Crippen molar-refractivity contribution in [2.75, 3.05) is 13.7 Å². The molecule has 0 N–H and O–H groups in total. The molecule has 2 heterocycles. The highest BCUT2D eigenvalue weighted by Gasteiger charge is 2.36. The van der Waals surface area contributed by atoms with E-state index in [-0.39, 0.29) is 11.5 Å². The van der Waals surface area contributed by atoms with Crippen molar-refractivity contribution in [2.45, 2.75) is 27.7 Å². The topological polar surface area (TPSA) is 51.5 Å². The zero-order valence-corrected chi connectivity index (χ0v) is 18.6. The van der Waals surface area contributed by atoms with Gasteiger partial charge in [-0.05, 0) is 63.1 Å². The van der Waals surface area contributed by atoms with Gasteiger partial charge >= 0.3 is 5.97 Å². The monoisotopic (exact) mass is 424 g/mol. The van der Waals surface area contributed by atoms with Crippen LogP contribution in [0.2, 0.25) is 5.02 Å². The average Bonchev–Trinajstić information content (AvgIpc) is 3.11. The minimum atomic E-state index is -0.529. The number of hydrogen-bond acceptors (Lipinski definition) is 3. The molecule has 1 aliphatic heterocycles. The van der Waals surface area contributed by atoms with Crippen LogP contribution in [0.1, 0.15) is 29.4 Å². The van der Waals surface area contributed by atoms with Crippen LogP contribution in [0, 0.1) is 20.8 Å². The molecule has 156 valence electrons. The predicted molar refractivity (Wildman–Crippen MR) is 120 cm³/mol. The van der Waals surface area contributed by atoms with Crippen LogP contribution in [0.15, 0.2) is 53.8 Å². The summed E-state index contributed by atoms with van der Waals surface area (Å²) in [5, 5.41) is 0.653. The molecule has 1 aromatic heterocycles. The summed E-state index contributed by atoms with van der Waals surface area (Å²) in [4.78, 5) is 27.0. The maximum absolute atomic E-state index is 13.0. The summed E-state index contributed by atoms with van der Waals surface area (Å²) in [5.41, 5.74) is 6.04. The Morgan fingerprint density at radius 3 is 2.53 bits per heavy atom. The number of rotatable bonds is 5. The third-order valence-electron chi connectivity index (χ3n) is 5.39. The second-order valence-corrected chi connectivity index (χ2v) is 7.74. The molecular weight excluding hydrogens is 400 g/mol. The van der Waals surface area contributed by atoms with Crippen LogP contribution in [0.3, 0.4) is 0 Å². The number of carbonyl (C=O) groups excluding carboxylic acids is 2. The molecule has 1 aromatic carbocycles. The van der Waals surface area contributed by atoms with E-state index in [1.54, 1.807) is 19.1 Å². The average molecular weight is 425 g/mol. The number of carbonyl (C=O) groups is 2. The van der Waals surface area contributed by atoms with Gasteiger partial charge < -0.3 is 14.2 Å². The number of aromatic nitrogens is 1. The number of allylic oxidation sites excluding steroid dienone is 1. The molecule has 0 unspecified atom stereocenters. The van der Waals surface area contributed by atoms with Gasteiger partial charge in [-0.15, -0.1) is 6.58 Å². The number of aryl methyl sites for hydroxylation is 2. The molecule has 1 amide bonds. The number of methoxy groups -OCH3 is 1. The molecule has 0 saturated carbocycles. The number of halogens is 1. The lowest BCUT2D eigenvalue weighted by Gasteiger charge is -2.14. The summed E-state index contributed by atoms with van der Waals surface area (Å²) >= 11 is 6.23. The highest BCUT2D eigenvalue weighted by Crippen LogP contribution is 2.33. The molecule has 0 aliphatic carbocycles. The zero-order chi connectivity index (χ0) is 22.2. The predicted octanol–water partition coefficient (Wildman–Crippen LogP) is 4.91. The molecule has 3 rings (SSSR count). The van der Waals surface area contributed by atoms with Crippen LogP contribution in [-0.4, -0.2) is 35.0 Å². The number of benzene rings is 1. The largest absolute Gasteiger partial charge is 0.465 e. The smallest absolute Gasteiger partial charge is 0.340 e. The summed E-state index contributed by atoms with van der Waals surface area (Å²) in [6, 6.07) is 7.75. The Labute approximate surface area is 181 Å². The molecule has 0 radical (unpaired) electrons. The van der Waals surface area contributed by atoms with Crippen LogP contribution >= 0.6 is 11.6 Å². The second kappa shape index (κ2) is 8.36. The fourth-order valence-corrected chi connectivity index (χ4v) is 4.03. The standard InChI is InChI=1S/C24H25ClN2O3/c1-7-10-26-17(5)22(24(29)30-6)20(23(26)28)12-18-11-15(3)27(16(18)4)21-13-19(25)9-8-14(21)2/h7-9,11-13H,1,10H2,2-6H3. The van der Waals surface area contributed by atoms with Gasteiger partial charge in [0.1, 0.15) is 0 Å². The number of hydrogen-bond donors (Lipinski definition) is 0. The Balaban J connectivity index is 2.17. The maximum Gasteiger partial charge on any atom is 0.340 e. The van der Waals surface area contributed by atoms with E-state index >= 15 is 0 Å². The minimum absolute atomic E-state index is 0.239. The van der Waals surface area contributed by atoms with Crippen molar-refractivity contribution in [3.05, 3.63) is 81.3 Å². The summed E-state index contributed by atoms with van der Waals surface area (Å²) in [5.74, 6) is -0.769. The quantitative estimate of drug-likeness (QED) is 0.389. The van der Waals surface area contributed by atoms with Gasteiger partial charge in [-0.1, -0.05) is 23.7 Å². The summed E-state index contributed by atoms with van der Waals surface area (Å²) in [7, 11) is 1.31. The van der Waals surface area contributed by atoms with Gasteiger partial charge in [0.2, 0.25) is 0 Å². The number of esters is 1. The first kappa shape index (κ1) is 21.7. The first-order valence-corrected chi connectivity index (χ1v) is 9.98. The van der Waals surface area contributed by atoms with Crippen molar-refractivity contribution in [2.24, 2.45) is 0 Å². The molecule has 0 saturated heterocycles. The van der Waals surface area contributed by atoms with E-state index in [9.17, 15) is 9.59 Å². The van der Waals surface area contributed by atoms with Crippen LogP contribution in [-0.2, 0) is 14.3 Å². The lowest BCUT2D eigenvalue weighted by molar-refractivity contribution is -0.136. The summed E-state index contributed by atoms with van der Waals surface area (Å²) in [6.45, 7) is 11.8. The van der Waals surface area contributed by atoms with E-state index < -0.39 is 5.97 Å². The Hall–Kier alpha value is -3.05. The Kier molecular flexibility index (Phi) is 6.04. The number of amides is 1. The van der Waals surface area contributed by atoms with E-state index in [0.29, 0.717) is 22.8 Å². The molecule has 1 aliphatic rings. The molecule has 2 aromatic rings. The first-order valence-electron chi connectivity index (χ1n) is 9.60. The fraction of sp³-hybridized carbons (Fsp3) is 0.250. The molecule has 0 atom stereocenters. The van der Waals surface area contributed by atoms with Crippen LogP contribution in [0.25, 0.3) is 11.8 Å². The van der Waals surface area contributed by atoms with Crippen molar-refractivity contribution in [3.8, 4) is 5.69 Å². The maximum atomic E-state index is 13.0. The van der Waals surface area contributed by atoms with Crippen LogP contribution in [0.4, 0.5) is 0 Å². The molecule has 0 fully saturated rings. The molecule has 0 bridgehead atoms. The van der Waals surface area contributed by atoms with Crippen molar-refractivity contribution in [1.82, 2.24) is 9.47 Å². The van der Waals surface area contributed by atoms with Crippen molar-refractivity contribution in [1.29, 1.82) is 0 Å². The lowest BCUT2D eigenvalue weighted by Crippen LogP contribution is -2.25. The van der Waals surface area contributed by atoms with E-state index in [1.165, 1.54) is 12.0 Å². The Bertz CT molecular complexity index is 1120. The van der Waals surface area contributed by atoms with Crippen molar-refractivity contribution >= 4 is 29.6 Å². The normalized spacial score (nSPS) is 15.3. The molecule has 30 heavy (non-hydrogen) atoms. The second-order valence-electron chi connectivity index (χ2n) is 7.31. The highest BCUT2D eigenvalue weighted by molar-refractivity contribution is 6.30. The van der Waals surface area contributed by atoms with E-state index in [1.807, 2.05) is 45.0 Å². The molecular formula is C24H25ClN2O3. The van der Waals surface area contributed by atoms with Crippen molar-refractivity contribution in [3.63, 3.8) is 0 Å². The first-order chi connectivity index (χ1) is 14.2. The molecule has 6 heteroatoms. The van der Waals surface area contributed by atoms with Crippen molar-refractivity contribution < 1.29 is 14.3 Å². The zero-order valence-electron chi connectivity index (χ0n) is 17.9. The SMILES string of the molecule is C=CCN1C(=O)C(=Cc2cc(C)n(-c3cc(Cl)ccc3C)c2C)C(C(=O)OC)=C1C. The third kappa shape index (κ3) is 3.61. The van der Waals surface area contributed by atoms with Gasteiger partial charge in [-0.3, -0.25) is 4.79 Å². The van der Waals surface area contributed by atoms with Gasteiger partial charge in [-0.25, -0.2) is 4.79 Å². The summed E-state index contributed by atoms with van der Waals surface area (Å²) < 4.78 is 7.04. The highest BCUT2D eigenvalue weighted by atomic mass is 35.5. The summed E-state index contributed by atoms with van der Waals surface area (Å²) in [6.07, 6.45) is 3.40. The van der Waals surface area contributed by atoms with E-state index in [2.05, 4.69) is 11.1 Å². The number of nitrogens with zero attached hydrogens (tertiary/aromatic N) is 2. The van der Waals surface area contributed by atoms with Gasteiger partial charge in [-0.2, -0.15) is 0 Å². The van der Waals surface area contributed by atoms with E-state index in [0.717, 1.165) is 28.2 Å². The lowest BCUT2D eigenvalue weighted by atomic mass is 10.0. The fourth-order valence-electron chi connectivity index (χ4n) is 3.86. The van der Waals surface area contributed by atoms with E-state index in [4.69, 9.17) is 16.3 Å². The van der Waals surface area contributed by atoms with Crippen LogP contribution in [0.5, 0.6) is 0 Å². The van der Waals surface area contributed by atoms with Gasteiger partial charge in [0.25, 0.3) is 5.91 Å². The van der Waals surface area contributed by atoms with Gasteiger partial charge in [0.15, 0.2) is 0 Å². The van der Waals surface area contributed by atoms with Gasteiger partial charge in [0.05, 0.1) is 18.3 Å². The Morgan fingerprint density at radius 1 is 1.20 bits per heavy atom. The van der Waals surface area contributed by atoms with Gasteiger partial charge in [0, 0.05) is 34.3 Å².